The van der Waals surface area contributed by atoms with Gasteiger partial charge in [-0.15, -0.1) is 0 Å². The summed E-state index contributed by atoms with van der Waals surface area (Å²) in [6, 6.07) is 11.1. The van der Waals surface area contributed by atoms with Gasteiger partial charge in [-0.2, -0.15) is 18.3 Å². The lowest BCUT2D eigenvalue weighted by Gasteiger charge is -2.10. The highest BCUT2D eigenvalue weighted by molar-refractivity contribution is 6.11. The zero-order valence-electron chi connectivity index (χ0n) is 16.7. The first-order valence-corrected chi connectivity index (χ1v) is 9.70. The van der Waals surface area contributed by atoms with E-state index >= 15 is 0 Å². The third kappa shape index (κ3) is 3.95. The highest BCUT2D eigenvalue weighted by atomic mass is 19.4. The molecule has 2 aromatic carbocycles. The summed E-state index contributed by atoms with van der Waals surface area (Å²) in [7, 11) is 0. The first kappa shape index (κ1) is 20.5. The number of hydrogen-bond acceptors (Lipinski definition) is 5. The normalized spacial score (nSPS) is 13.0. The molecule has 0 unspecified atom stereocenters. The van der Waals surface area contributed by atoms with Crippen molar-refractivity contribution in [1.29, 1.82) is 0 Å². The molecule has 8 nitrogen and oxygen atoms in total. The lowest BCUT2D eigenvalue weighted by molar-refractivity contribution is -0.137. The lowest BCUT2D eigenvalue weighted by Crippen LogP contribution is -2.13. The van der Waals surface area contributed by atoms with Crippen LogP contribution in [0.2, 0.25) is 0 Å². The number of nitrogens with one attached hydrogen (secondary N) is 3. The maximum Gasteiger partial charge on any atom is 0.416 e. The minimum Gasteiger partial charge on any atom is -0.457 e. The molecule has 0 radical (unpaired) electrons. The molecular weight excluding hydrogens is 439 g/mol. The van der Waals surface area contributed by atoms with Crippen molar-refractivity contribution >= 4 is 34.2 Å². The number of halogens is 3. The van der Waals surface area contributed by atoms with Crippen LogP contribution in [0, 0.1) is 0 Å². The summed E-state index contributed by atoms with van der Waals surface area (Å²) in [5.41, 5.74) is 0.345. The Kier molecular flexibility index (Phi) is 4.73. The minimum atomic E-state index is -4.53. The molecule has 0 spiro atoms. The third-order valence-electron chi connectivity index (χ3n) is 5.05. The SMILES string of the molecule is O=C1Cc2c(Oc3ccc(NC(=O)c4n[nH]c5ccc(C(F)(F)F)cc45)cc3)ccnc2N1. The lowest BCUT2D eigenvalue weighted by atomic mass is 10.1. The molecular formula is C22H14F3N5O3. The second-order valence-corrected chi connectivity index (χ2v) is 7.27. The third-order valence-corrected chi connectivity index (χ3v) is 5.05. The van der Waals surface area contributed by atoms with Gasteiger partial charge in [-0.1, -0.05) is 0 Å². The Morgan fingerprint density at radius 2 is 1.88 bits per heavy atom. The minimum absolute atomic E-state index is 0.0666. The summed E-state index contributed by atoms with van der Waals surface area (Å²) in [6.07, 6.45) is -2.85. The molecule has 3 heterocycles. The zero-order chi connectivity index (χ0) is 23.2. The molecule has 11 heteroatoms. The smallest absolute Gasteiger partial charge is 0.416 e. The maximum atomic E-state index is 13.0. The molecule has 166 valence electrons. The number of hydrogen-bond donors (Lipinski definition) is 3. The molecule has 0 bridgehead atoms. The number of H-pyrrole nitrogens is 1. The Morgan fingerprint density at radius 1 is 1.09 bits per heavy atom. The van der Waals surface area contributed by atoms with Crippen molar-refractivity contribution < 1.29 is 27.5 Å². The van der Waals surface area contributed by atoms with Crippen LogP contribution in [-0.4, -0.2) is 27.0 Å². The van der Waals surface area contributed by atoms with E-state index in [-0.39, 0.29) is 23.4 Å². The standard InChI is InChI=1S/C22H14F3N5O3/c23-22(24,25)11-1-6-16-14(9-11)19(30-29-16)21(32)27-12-2-4-13(5-3-12)33-17-7-8-26-20-15(17)10-18(31)28-20/h1-9H,10H2,(H,27,32)(H,29,30)(H,26,28,31). The number of aromatic amines is 1. The number of alkyl halides is 3. The van der Waals surface area contributed by atoms with Crippen molar-refractivity contribution in [3.05, 3.63) is 71.5 Å². The number of ether oxygens (including phenoxy) is 1. The predicted molar refractivity (Wildman–Crippen MR) is 112 cm³/mol. The largest absolute Gasteiger partial charge is 0.457 e. The average Bonchev–Trinajstić information content (AvgIpc) is 3.37. The fourth-order valence-electron chi connectivity index (χ4n) is 3.47. The first-order chi connectivity index (χ1) is 15.8. The average molecular weight is 453 g/mol. The van der Waals surface area contributed by atoms with Crippen molar-refractivity contribution in [1.82, 2.24) is 15.2 Å². The van der Waals surface area contributed by atoms with E-state index in [0.717, 1.165) is 12.1 Å². The van der Waals surface area contributed by atoms with Gasteiger partial charge in [0, 0.05) is 22.8 Å². The van der Waals surface area contributed by atoms with Crippen molar-refractivity contribution in [3.63, 3.8) is 0 Å². The molecule has 2 aromatic heterocycles. The van der Waals surface area contributed by atoms with Crippen LogP contribution in [-0.2, 0) is 17.4 Å². The number of pyridine rings is 1. The van der Waals surface area contributed by atoms with Crippen molar-refractivity contribution in [2.24, 2.45) is 0 Å². The summed E-state index contributed by atoms with van der Waals surface area (Å²) in [6.45, 7) is 0. The Bertz CT molecular complexity index is 1400. The number of amides is 2. The van der Waals surface area contributed by atoms with Gasteiger partial charge in [0.05, 0.1) is 17.5 Å². The highest BCUT2D eigenvalue weighted by Gasteiger charge is 2.31. The fraction of sp³-hybridized carbons (Fsp3) is 0.0909. The van der Waals surface area contributed by atoms with E-state index in [1.165, 1.54) is 12.3 Å². The molecule has 2 amide bonds. The van der Waals surface area contributed by atoms with E-state index in [1.807, 2.05) is 0 Å². The molecule has 0 saturated heterocycles. The monoisotopic (exact) mass is 453 g/mol. The van der Waals surface area contributed by atoms with Gasteiger partial charge in [0.25, 0.3) is 5.91 Å². The van der Waals surface area contributed by atoms with Gasteiger partial charge in [0.1, 0.15) is 17.3 Å². The van der Waals surface area contributed by atoms with Crippen LogP contribution in [0.25, 0.3) is 10.9 Å². The van der Waals surface area contributed by atoms with Crippen molar-refractivity contribution in [2.45, 2.75) is 12.6 Å². The molecule has 4 aromatic rings. The van der Waals surface area contributed by atoms with Gasteiger partial charge >= 0.3 is 6.18 Å². The van der Waals surface area contributed by atoms with E-state index in [9.17, 15) is 22.8 Å². The molecule has 33 heavy (non-hydrogen) atoms. The summed E-state index contributed by atoms with van der Waals surface area (Å²) < 4.78 is 44.9. The first-order valence-electron chi connectivity index (χ1n) is 9.70. The molecule has 0 atom stereocenters. The summed E-state index contributed by atoms with van der Waals surface area (Å²) in [5.74, 6) is 0.575. The van der Waals surface area contributed by atoms with Crippen LogP contribution in [0.5, 0.6) is 11.5 Å². The molecule has 0 fully saturated rings. The van der Waals surface area contributed by atoms with E-state index < -0.39 is 17.6 Å². The Hall–Kier alpha value is -4.41. The van der Waals surface area contributed by atoms with Gasteiger partial charge in [-0.3, -0.25) is 14.7 Å². The summed E-state index contributed by atoms with van der Waals surface area (Å²) in [4.78, 5) is 28.3. The fourth-order valence-corrected chi connectivity index (χ4v) is 3.47. The van der Waals surface area contributed by atoms with Gasteiger partial charge in [0.15, 0.2) is 5.69 Å². The summed E-state index contributed by atoms with van der Waals surface area (Å²) in [5, 5.41) is 11.7. The van der Waals surface area contributed by atoms with Gasteiger partial charge in [-0.25, -0.2) is 4.98 Å². The van der Waals surface area contributed by atoms with Crippen LogP contribution >= 0.6 is 0 Å². The van der Waals surface area contributed by atoms with Crippen LogP contribution in [0.3, 0.4) is 0 Å². The number of aromatic nitrogens is 3. The number of benzene rings is 2. The molecule has 1 aliphatic heterocycles. The molecule has 0 saturated carbocycles. The topological polar surface area (TPSA) is 109 Å². The van der Waals surface area contributed by atoms with Crippen LogP contribution in [0.15, 0.2) is 54.7 Å². The quantitative estimate of drug-likeness (QED) is 0.421. The molecule has 1 aliphatic rings. The Morgan fingerprint density at radius 3 is 2.64 bits per heavy atom. The molecule has 3 N–H and O–H groups in total. The number of carbonyl (C=O) groups is 2. The Balaban J connectivity index is 1.33. The molecule has 0 aliphatic carbocycles. The number of fused-ring (bicyclic) bond motifs is 2. The zero-order valence-corrected chi connectivity index (χ0v) is 16.7. The van der Waals surface area contributed by atoms with E-state index in [1.54, 1.807) is 30.3 Å². The van der Waals surface area contributed by atoms with Gasteiger partial charge in [0.2, 0.25) is 5.91 Å². The number of anilines is 2. The summed E-state index contributed by atoms with van der Waals surface area (Å²) >= 11 is 0. The van der Waals surface area contributed by atoms with Crippen molar-refractivity contribution in [2.75, 3.05) is 10.6 Å². The van der Waals surface area contributed by atoms with Crippen LogP contribution < -0.4 is 15.4 Å². The van der Waals surface area contributed by atoms with Crippen molar-refractivity contribution in [3.8, 4) is 11.5 Å². The number of nitrogens with zero attached hydrogens (tertiary/aromatic N) is 2. The van der Waals surface area contributed by atoms with Gasteiger partial charge < -0.3 is 15.4 Å². The molecule has 5 rings (SSSR count). The highest BCUT2D eigenvalue weighted by Crippen LogP contribution is 2.34. The van der Waals surface area contributed by atoms with Gasteiger partial charge in [-0.05, 0) is 48.5 Å². The second kappa shape index (κ2) is 7.62. The van der Waals surface area contributed by atoms with Crippen LogP contribution in [0.1, 0.15) is 21.6 Å². The maximum absolute atomic E-state index is 13.0. The van der Waals surface area contributed by atoms with E-state index in [0.29, 0.717) is 34.1 Å². The predicted octanol–water partition coefficient (Wildman–Crippen LogP) is 4.52. The Labute approximate surface area is 183 Å². The van der Waals surface area contributed by atoms with E-state index in [2.05, 4.69) is 25.8 Å². The van der Waals surface area contributed by atoms with Crippen LogP contribution in [0.4, 0.5) is 24.7 Å². The van der Waals surface area contributed by atoms with E-state index in [4.69, 9.17) is 4.74 Å². The number of carbonyl (C=O) groups excluding carboxylic acids is 2. The second-order valence-electron chi connectivity index (χ2n) is 7.27. The number of rotatable bonds is 4.